The fourth-order valence-corrected chi connectivity index (χ4v) is 3.07. The van der Waals surface area contributed by atoms with Crippen LogP contribution in [0, 0.1) is 6.92 Å². The molecule has 80 valence electrons. The van der Waals surface area contributed by atoms with Gasteiger partial charge in [-0.05, 0) is 19.1 Å². The second-order valence-electron chi connectivity index (χ2n) is 3.22. The van der Waals surface area contributed by atoms with E-state index in [1.54, 1.807) is 11.3 Å². The van der Waals surface area contributed by atoms with E-state index in [1.165, 1.54) is 11.3 Å². The average molecular weight is 260 g/mol. The summed E-state index contributed by atoms with van der Waals surface area (Å²) in [6.45, 7) is 1.93. The molecule has 0 saturated carbocycles. The molecular formula is C10H10ClNOS2. The molecule has 15 heavy (non-hydrogen) atoms. The number of thiophene rings is 1. The number of nitrogens with zero attached hydrogens (tertiary/aromatic N) is 1. The number of hydrogen-bond acceptors (Lipinski definition) is 4. The summed E-state index contributed by atoms with van der Waals surface area (Å²) in [5.41, 5.74) is 0.752. The average Bonchev–Trinajstić information content (AvgIpc) is 2.75. The number of aromatic nitrogens is 1. The second-order valence-corrected chi connectivity index (χ2v) is 6.08. The summed E-state index contributed by atoms with van der Waals surface area (Å²) in [5, 5.41) is 12.8. The SMILES string of the molecule is Cc1nc(C(O)Cc2ccc(Cl)s2)cs1. The maximum atomic E-state index is 9.90. The Labute approximate surface area is 101 Å². The minimum atomic E-state index is -0.523. The lowest BCUT2D eigenvalue weighted by atomic mass is 10.2. The Hall–Kier alpha value is -0.420. The number of halogens is 1. The number of hydrogen-bond donors (Lipinski definition) is 1. The van der Waals surface area contributed by atoms with Gasteiger partial charge in [0.2, 0.25) is 0 Å². The minimum Gasteiger partial charge on any atom is -0.386 e. The molecule has 0 aliphatic heterocycles. The number of aryl methyl sites for hydroxylation is 1. The van der Waals surface area contributed by atoms with Crippen LogP contribution in [-0.2, 0) is 6.42 Å². The number of aliphatic hydroxyl groups is 1. The summed E-state index contributed by atoms with van der Waals surface area (Å²) in [6, 6.07) is 3.79. The molecule has 1 unspecified atom stereocenters. The Bertz CT molecular complexity index is 452. The zero-order chi connectivity index (χ0) is 10.8. The van der Waals surface area contributed by atoms with Crippen LogP contribution in [0.3, 0.4) is 0 Å². The van der Waals surface area contributed by atoms with Gasteiger partial charge in [-0.15, -0.1) is 22.7 Å². The third-order valence-corrected chi connectivity index (χ3v) is 4.05. The molecule has 0 aliphatic carbocycles. The van der Waals surface area contributed by atoms with Crippen molar-refractivity contribution in [2.75, 3.05) is 0 Å². The van der Waals surface area contributed by atoms with Crippen molar-refractivity contribution in [3.63, 3.8) is 0 Å². The molecule has 2 nitrogen and oxygen atoms in total. The quantitative estimate of drug-likeness (QED) is 0.916. The van der Waals surface area contributed by atoms with Crippen LogP contribution in [0.2, 0.25) is 4.34 Å². The van der Waals surface area contributed by atoms with Gasteiger partial charge in [-0.2, -0.15) is 0 Å². The molecule has 2 aromatic heterocycles. The van der Waals surface area contributed by atoms with Gasteiger partial charge in [0.1, 0.15) is 6.10 Å². The Balaban J connectivity index is 2.06. The molecule has 0 radical (unpaired) electrons. The standard InChI is InChI=1S/C10H10ClNOS2/c1-6-12-8(5-14-6)9(13)4-7-2-3-10(11)15-7/h2-3,5,9,13H,4H2,1H3. The fourth-order valence-electron chi connectivity index (χ4n) is 1.29. The molecule has 5 heteroatoms. The number of aliphatic hydroxyl groups excluding tert-OH is 1. The van der Waals surface area contributed by atoms with Crippen molar-refractivity contribution < 1.29 is 5.11 Å². The largest absolute Gasteiger partial charge is 0.386 e. The van der Waals surface area contributed by atoms with Gasteiger partial charge in [-0.25, -0.2) is 4.98 Å². The summed E-state index contributed by atoms with van der Waals surface area (Å²) in [4.78, 5) is 5.34. The van der Waals surface area contributed by atoms with Crippen LogP contribution in [0.1, 0.15) is 21.7 Å². The van der Waals surface area contributed by atoms with Gasteiger partial charge in [0.25, 0.3) is 0 Å². The predicted molar refractivity (Wildman–Crippen MR) is 64.8 cm³/mol. The third-order valence-electron chi connectivity index (χ3n) is 2.00. The van der Waals surface area contributed by atoms with Crippen molar-refractivity contribution >= 4 is 34.3 Å². The van der Waals surface area contributed by atoms with Crippen LogP contribution < -0.4 is 0 Å². The van der Waals surface area contributed by atoms with E-state index < -0.39 is 6.10 Å². The van der Waals surface area contributed by atoms with E-state index in [0.29, 0.717) is 6.42 Å². The number of thiazole rings is 1. The van der Waals surface area contributed by atoms with Gasteiger partial charge in [-0.3, -0.25) is 0 Å². The van der Waals surface area contributed by atoms with Gasteiger partial charge in [0, 0.05) is 16.7 Å². The van der Waals surface area contributed by atoms with Crippen LogP contribution in [-0.4, -0.2) is 10.1 Å². The summed E-state index contributed by atoms with van der Waals surface area (Å²) in [5.74, 6) is 0. The first-order valence-corrected chi connectivity index (χ1v) is 6.57. The highest BCUT2D eigenvalue weighted by molar-refractivity contribution is 7.16. The second kappa shape index (κ2) is 4.61. The minimum absolute atomic E-state index is 0.523. The van der Waals surface area contributed by atoms with Crippen LogP contribution in [0.5, 0.6) is 0 Å². The van der Waals surface area contributed by atoms with Crippen molar-refractivity contribution in [3.8, 4) is 0 Å². The first-order chi connectivity index (χ1) is 7.15. The van der Waals surface area contributed by atoms with Crippen molar-refractivity contribution in [3.05, 3.63) is 37.4 Å². The van der Waals surface area contributed by atoms with Crippen molar-refractivity contribution in [1.29, 1.82) is 0 Å². The Morgan fingerprint density at radius 1 is 1.53 bits per heavy atom. The third kappa shape index (κ3) is 2.78. The molecule has 0 saturated heterocycles. The zero-order valence-electron chi connectivity index (χ0n) is 8.11. The van der Waals surface area contributed by atoms with Gasteiger partial charge in [0.05, 0.1) is 15.0 Å². The van der Waals surface area contributed by atoms with E-state index in [0.717, 1.165) is 19.9 Å². The highest BCUT2D eigenvalue weighted by Crippen LogP contribution is 2.26. The predicted octanol–water partition coefficient (Wildman–Crippen LogP) is 3.44. The summed E-state index contributed by atoms with van der Waals surface area (Å²) in [7, 11) is 0. The Morgan fingerprint density at radius 3 is 2.87 bits per heavy atom. The van der Waals surface area contributed by atoms with E-state index in [2.05, 4.69) is 4.98 Å². The summed E-state index contributed by atoms with van der Waals surface area (Å²) < 4.78 is 0.756. The van der Waals surface area contributed by atoms with Gasteiger partial charge in [0.15, 0.2) is 0 Å². The zero-order valence-corrected chi connectivity index (χ0v) is 10.5. The van der Waals surface area contributed by atoms with Crippen LogP contribution in [0.25, 0.3) is 0 Å². The van der Waals surface area contributed by atoms with Crippen molar-refractivity contribution in [1.82, 2.24) is 4.98 Å². The normalized spacial score (nSPS) is 13.0. The lowest BCUT2D eigenvalue weighted by Gasteiger charge is -2.04. The van der Waals surface area contributed by atoms with E-state index in [4.69, 9.17) is 11.6 Å². The van der Waals surface area contributed by atoms with Crippen LogP contribution in [0.15, 0.2) is 17.5 Å². The molecule has 0 spiro atoms. The Morgan fingerprint density at radius 2 is 2.33 bits per heavy atom. The molecule has 1 N–H and O–H groups in total. The maximum absolute atomic E-state index is 9.90. The van der Waals surface area contributed by atoms with Crippen molar-refractivity contribution in [2.45, 2.75) is 19.4 Å². The van der Waals surface area contributed by atoms with E-state index >= 15 is 0 Å². The van der Waals surface area contributed by atoms with Gasteiger partial charge in [-0.1, -0.05) is 11.6 Å². The lowest BCUT2D eigenvalue weighted by Crippen LogP contribution is -2.00. The molecule has 0 bridgehead atoms. The van der Waals surface area contributed by atoms with Crippen molar-refractivity contribution in [2.24, 2.45) is 0 Å². The molecular weight excluding hydrogens is 250 g/mol. The van der Waals surface area contributed by atoms with Crippen LogP contribution >= 0.6 is 34.3 Å². The highest BCUT2D eigenvalue weighted by atomic mass is 35.5. The smallest absolute Gasteiger partial charge is 0.102 e. The summed E-state index contributed by atoms with van der Waals surface area (Å²) >= 11 is 8.87. The van der Waals surface area contributed by atoms with Crippen LogP contribution in [0.4, 0.5) is 0 Å². The first kappa shape index (κ1) is 11.1. The Kier molecular flexibility index (Phi) is 3.41. The van der Waals surface area contributed by atoms with E-state index in [1.807, 2.05) is 24.4 Å². The molecule has 0 aromatic carbocycles. The van der Waals surface area contributed by atoms with Gasteiger partial charge < -0.3 is 5.11 Å². The summed E-state index contributed by atoms with van der Waals surface area (Å²) in [6.07, 6.45) is 0.0604. The fraction of sp³-hybridized carbons (Fsp3) is 0.300. The maximum Gasteiger partial charge on any atom is 0.102 e. The monoisotopic (exact) mass is 259 g/mol. The molecule has 2 aromatic rings. The highest BCUT2D eigenvalue weighted by Gasteiger charge is 2.12. The molecule has 0 amide bonds. The van der Waals surface area contributed by atoms with E-state index in [9.17, 15) is 5.11 Å². The molecule has 0 aliphatic rings. The van der Waals surface area contributed by atoms with E-state index in [-0.39, 0.29) is 0 Å². The molecule has 0 fully saturated rings. The topological polar surface area (TPSA) is 33.1 Å². The van der Waals surface area contributed by atoms with Gasteiger partial charge >= 0.3 is 0 Å². The molecule has 2 heterocycles. The molecule has 1 atom stereocenters. The first-order valence-electron chi connectivity index (χ1n) is 4.49. The lowest BCUT2D eigenvalue weighted by molar-refractivity contribution is 0.175. The molecule has 2 rings (SSSR count). The number of rotatable bonds is 3.